The van der Waals surface area contributed by atoms with Gasteiger partial charge in [0.25, 0.3) is 0 Å². The molecular formula is C21H23NO5. The maximum Gasteiger partial charge on any atom is 0.341 e. The standard InChI is InChI=1S/C21H23NO5/c1-15-3-7-17(8-4-15)19(23)11-12-20(24)22(2)13-16-5-9-18(10-6-16)27-14-21(25)26/h3-10H,11-14H2,1-2H3,(H,25,26). The smallest absolute Gasteiger partial charge is 0.341 e. The van der Waals surface area contributed by atoms with Crippen molar-refractivity contribution < 1.29 is 24.2 Å². The second kappa shape index (κ2) is 9.52. The fourth-order valence-corrected chi connectivity index (χ4v) is 2.49. The van der Waals surface area contributed by atoms with E-state index in [4.69, 9.17) is 9.84 Å². The Morgan fingerprint density at radius 3 is 2.19 bits per heavy atom. The van der Waals surface area contributed by atoms with Gasteiger partial charge in [0.05, 0.1) is 0 Å². The first kappa shape index (κ1) is 20.2. The number of benzene rings is 2. The van der Waals surface area contributed by atoms with Gasteiger partial charge in [-0.1, -0.05) is 42.0 Å². The Balaban J connectivity index is 1.81. The Labute approximate surface area is 158 Å². The molecule has 6 nitrogen and oxygen atoms in total. The molecule has 0 atom stereocenters. The highest BCUT2D eigenvalue weighted by Gasteiger charge is 2.13. The summed E-state index contributed by atoms with van der Waals surface area (Å²) in [5.41, 5.74) is 2.59. The number of hydrogen-bond acceptors (Lipinski definition) is 4. The molecule has 0 saturated carbocycles. The zero-order chi connectivity index (χ0) is 19.8. The number of nitrogens with zero attached hydrogens (tertiary/aromatic N) is 1. The van der Waals surface area contributed by atoms with E-state index < -0.39 is 12.6 Å². The number of carboxylic acid groups (broad SMARTS) is 1. The predicted molar refractivity (Wildman–Crippen MR) is 101 cm³/mol. The summed E-state index contributed by atoms with van der Waals surface area (Å²) in [6, 6.07) is 14.2. The minimum atomic E-state index is -1.04. The molecule has 0 aliphatic heterocycles. The van der Waals surface area contributed by atoms with Crippen LogP contribution in [0.25, 0.3) is 0 Å². The lowest BCUT2D eigenvalue weighted by molar-refractivity contribution is -0.139. The first-order chi connectivity index (χ1) is 12.8. The highest BCUT2D eigenvalue weighted by Crippen LogP contribution is 2.14. The summed E-state index contributed by atoms with van der Waals surface area (Å²) in [6.07, 6.45) is 0.331. The van der Waals surface area contributed by atoms with E-state index in [1.807, 2.05) is 19.1 Å². The highest BCUT2D eigenvalue weighted by atomic mass is 16.5. The van der Waals surface area contributed by atoms with Gasteiger partial charge in [-0.05, 0) is 24.6 Å². The van der Waals surface area contributed by atoms with Gasteiger partial charge in [0.2, 0.25) is 5.91 Å². The molecule has 0 spiro atoms. The maximum absolute atomic E-state index is 12.3. The van der Waals surface area contributed by atoms with Crippen molar-refractivity contribution in [2.24, 2.45) is 0 Å². The summed E-state index contributed by atoms with van der Waals surface area (Å²) in [5.74, 6) is -0.734. The van der Waals surface area contributed by atoms with Gasteiger partial charge in [0.15, 0.2) is 12.4 Å². The van der Waals surface area contributed by atoms with Gasteiger partial charge >= 0.3 is 5.97 Å². The fourth-order valence-electron chi connectivity index (χ4n) is 2.49. The molecule has 2 aromatic carbocycles. The molecule has 0 heterocycles. The molecule has 0 aliphatic carbocycles. The number of carbonyl (C=O) groups is 3. The molecule has 2 rings (SSSR count). The number of aliphatic carboxylic acids is 1. The molecule has 0 radical (unpaired) electrons. The third kappa shape index (κ3) is 6.58. The SMILES string of the molecule is Cc1ccc(C(=O)CCC(=O)N(C)Cc2ccc(OCC(=O)O)cc2)cc1. The van der Waals surface area contributed by atoms with Gasteiger partial charge in [0, 0.05) is 32.0 Å². The molecule has 0 bridgehead atoms. The molecule has 0 aliphatic rings. The van der Waals surface area contributed by atoms with Crippen LogP contribution in [0.5, 0.6) is 5.75 Å². The third-order valence-electron chi connectivity index (χ3n) is 4.07. The quantitative estimate of drug-likeness (QED) is 0.687. The number of carbonyl (C=O) groups excluding carboxylic acids is 2. The van der Waals surface area contributed by atoms with Crippen molar-refractivity contribution in [3.8, 4) is 5.75 Å². The summed E-state index contributed by atoms with van der Waals surface area (Å²) < 4.78 is 5.07. The molecule has 142 valence electrons. The lowest BCUT2D eigenvalue weighted by Crippen LogP contribution is -2.26. The van der Waals surface area contributed by atoms with Crippen LogP contribution in [0.15, 0.2) is 48.5 Å². The van der Waals surface area contributed by atoms with Gasteiger partial charge in [-0.3, -0.25) is 9.59 Å². The summed E-state index contributed by atoms with van der Waals surface area (Å²) >= 11 is 0. The Bertz CT molecular complexity index is 796. The lowest BCUT2D eigenvalue weighted by Gasteiger charge is -2.17. The van der Waals surface area contributed by atoms with E-state index >= 15 is 0 Å². The van der Waals surface area contributed by atoms with E-state index in [9.17, 15) is 14.4 Å². The summed E-state index contributed by atoms with van der Waals surface area (Å²) in [7, 11) is 1.69. The number of ketones is 1. The first-order valence-corrected chi connectivity index (χ1v) is 8.62. The minimum absolute atomic E-state index is 0.0447. The van der Waals surface area contributed by atoms with Gasteiger partial charge in [-0.2, -0.15) is 0 Å². The second-order valence-electron chi connectivity index (χ2n) is 6.37. The van der Waals surface area contributed by atoms with Crippen LogP contribution in [0.3, 0.4) is 0 Å². The molecular weight excluding hydrogens is 346 g/mol. The summed E-state index contributed by atoms with van der Waals surface area (Å²) in [6.45, 7) is 1.96. The van der Waals surface area contributed by atoms with Crippen LogP contribution in [-0.4, -0.2) is 41.3 Å². The minimum Gasteiger partial charge on any atom is -0.482 e. The average molecular weight is 369 g/mol. The number of ether oxygens (including phenoxy) is 1. The van der Waals surface area contributed by atoms with Gasteiger partial charge in [-0.25, -0.2) is 4.79 Å². The molecule has 1 amide bonds. The normalized spacial score (nSPS) is 10.3. The predicted octanol–water partition coefficient (Wildman–Crippen LogP) is 3.08. The van der Waals surface area contributed by atoms with E-state index in [2.05, 4.69) is 0 Å². The van der Waals surface area contributed by atoms with Crippen molar-refractivity contribution in [1.82, 2.24) is 4.90 Å². The molecule has 0 fully saturated rings. The van der Waals surface area contributed by atoms with E-state index in [1.165, 1.54) is 0 Å². The number of Topliss-reactive ketones (excluding diaryl/α,β-unsaturated/α-hetero) is 1. The second-order valence-corrected chi connectivity index (χ2v) is 6.37. The molecule has 2 aromatic rings. The molecule has 6 heteroatoms. The van der Waals surface area contributed by atoms with Gasteiger partial charge in [-0.15, -0.1) is 0 Å². The number of aryl methyl sites for hydroxylation is 1. The average Bonchev–Trinajstić information content (AvgIpc) is 2.65. The third-order valence-corrected chi connectivity index (χ3v) is 4.07. The van der Waals surface area contributed by atoms with Gasteiger partial charge < -0.3 is 14.7 Å². The first-order valence-electron chi connectivity index (χ1n) is 8.62. The van der Waals surface area contributed by atoms with Crippen LogP contribution in [0, 0.1) is 6.92 Å². The molecule has 0 aromatic heterocycles. The number of carboxylic acids is 1. The molecule has 0 unspecified atom stereocenters. The van der Waals surface area contributed by atoms with Crippen LogP contribution >= 0.6 is 0 Å². The van der Waals surface area contributed by atoms with Crippen LogP contribution in [0.1, 0.15) is 34.3 Å². The zero-order valence-electron chi connectivity index (χ0n) is 15.5. The van der Waals surface area contributed by atoms with Crippen molar-refractivity contribution in [2.45, 2.75) is 26.3 Å². The van der Waals surface area contributed by atoms with E-state index in [0.29, 0.717) is 17.9 Å². The van der Waals surface area contributed by atoms with Crippen molar-refractivity contribution in [3.05, 3.63) is 65.2 Å². The van der Waals surface area contributed by atoms with Crippen LogP contribution in [0.4, 0.5) is 0 Å². The molecule has 27 heavy (non-hydrogen) atoms. The molecule has 0 saturated heterocycles. The van der Waals surface area contributed by atoms with Crippen molar-refractivity contribution in [2.75, 3.05) is 13.7 Å². The van der Waals surface area contributed by atoms with Crippen LogP contribution in [0.2, 0.25) is 0 Å². The Morgan fingerprint density at radius 2 is 1.59 bits per heavy atom. The Hall–Kier alpha value is -3.15. The van der Waals surface area contributed by atoms with E-state index in [0.717, 1.165) is 11.1 Å². The summed E-state index contributed by atoms with van der Waals surface area (Å²) in [4.78, 5) is 36.5. The van der Waals surface area contributed by atoms with Crippen molar-refractivity contribution in [3.63, 3.8) is 0 Å². The number of amides is 1. The highest BCUT2D eigenvalue weighted by molar-refractivity contribution is 5.97. The lowest BCUT2D eigenvalue weighted by atomic mass is 10.0. The van der Waals surface area contributed by atoms with Crippen molar-refractivity contribution >= 4 is 17.7 Å². The Morgan fingerprint density at radius 1 is 0.963 bits per heavy atom. The van der Waals surface area contributed by atoms with E-state index in [-0.39, 0.29) is 24.5 Å². The van der Waals surface area contributed by atoms with E-state index in [1.54, 1.807) is 48.3 Å². The summed E-state index contributed by atoms with van der Waals surface area (Å²) in [5, 5.41) is 8.59. The van der Waals surface area contributed by atoms with Crippen LogP contribution in [-0.2, 0) is 16.1 Å². The maximum atomic E-state index is 12.3. The van der Waals surface area contributed by atoms with Crippen LogP contribution < -0.4 is 4.74 Å². The van der Waals surface area contributed by atoms with Gasteiger partial charge in [0.1, 0.15) is 5.75 Å². The largest absolute Gasteiger partial charge is 0.482 e. The topological polar surface area (TPSA) is 83.9 Å². The molecule has 1 N–H and O–H groups in total. The fraction of sp³-hybridized carbons (Fsp3) is 0.286. The zero-order valence-corrected chi connectivity index (χ0v) is 15.5. The number of hydrogen-bond donors (Lipinski definition) is 1. The van der Waals surface area contributed by atoms with Crippen molar-refractivity contribution in [1.29, 1.82) is 0 Å². The monoisotopic (exact) mass is 369 g/mol. The Kier molecular flexibility index (Phi) is 7.11. The number of rotatable bonds is 9.